The Labute approximate surface area is 125 Å². The van der Waals surface area contributed by atoms with Crippen LogP contribution in [0, 0.1) is 0 Å². The molecule has 1 aliphatic rings. The van der Waals surface area contributed by atoms with Gasteiger partial charge in [-0.1, -0.05) is 36.4 Å². The summed E-state index contributed by atoms with van der Waals surface area (Å²) in [6.07, 6.45) is 1.54. The van der Waals surface area contributed by atoms with E-state index in [1.807, 2.05) is 57.2 Å². The third kappa shape index (κ3) is 3.37. The molecule has 2 atom stereocenters. The van der Waals surface area contributed by atoms with Crippen LogP contribution < -0.4 is 0 Å². The molecule has 108 valence electrons. The third-order valence-electron chi connectivity index (χ3n) is 3.00. The van der Waals surface area contributed by atoms with E-state index in [-0.39, 0.29) is 17.5 Å². The van der Waals surface area contributed by atoms with Gasteiger partial charge in [0.15, 0.2) is 0 Å². The van der Waals surface area contributed by atoms with E-state index in [4.69, 9.17) is 4.74 Å². The number of benzene rings is 1. The monoisotopic (exact) mass is 291 g/mol. The lowest BCUT2D eigenvalue weighted by Crippen LogP contribution is -2.40. The van der Waals surface area contributed by atoms with Crippen LogP contribution in [-0.2, 0) is 4.74 Å². The van der Waals surface area contributed by atoms with Gasteiger partial charge in [0.05, 0.1) is 6.04 Å². The number of hydrogen-bond donors (Lipinski definition) is 0. The molecule has 0 aromatic heterocycles. The van der Waals surface area contributed by atoms with Gasteiger partial charge >= 0.3 is 6.09 Å². The van der Waals surface area contributed by atoms with Gasteiger partial charge in [-0.25, -0.2) is 4.79 Å². The molecule has 20 heavy (non-hydrogen) atoms. The van der Waals surface area contributed by atoms with E-state index in [2.05, 4.69) is 6.58 Å². The molecule has 1 amide bonds. The molecule has 1 heterocycles. The standard InChI is InChI=1S/C16H21NO2S/c1-5-13-11-20-14(12-9-7-6-8-10-12)17(13)15(18)19-16(2,3)4/h5-10,13-14H,1,11H2,2-4H3/t13-,14-/m1/s1. The van der Waals surface area contributed by atoms with Gasteiger partial charge in [-0.05, 0) is 26.3 Å². The predicted octanol–water partition coefficient (Wildman–Crippen LogP) is 4.22. The van der Waals surface area contributed by atoms with Crippen molar-refractivity contribution in [3.8, 4) is 0 Å². The Morgan fingerprint density at radius 2 is 2.05 bits per heavy atom. The molecule has 2 rings (SSSR count). The fourth-order valence-electron chi connectivity index (χ4n) is 2.13. The van der Waals surface area contributed by atoms with Gasteiger partial charge in [-0.15, -0.1) is 18.3 Å². The number of rotatable bonds is 2. The van der Waals surface area contributed by atoms with E-state index in [0.717, 1.165) is 11.3 Å². The van der Waals surface area contributed by atoms with Crippen LogP contribution in [0.15, 0.2) is 43.0 Å². The van der Waals surface area contributed by atoms with E-state index in [0.29, 0.717) is 0 Å². The molecule has 1 aromatic carbocycles. The number of hydrogen-bond acceptors (Lipinski definition) is 3. The van der Waals surface area contributed by atoms with Crippen molar-refractivity contribution in [2.24, 2.45) is 0 Å². The van der Waals surface area contributed by atoms with Crippen LogP contribution in [0.3, 0.4) is 0 Å². The van der Waals surface area contributed by atoms with Gasteiger partial charge in [0.2, 0.25) is 0 Å². The number of nitrogens with zero attached hydrogens (tertiary/aromatic N) is 1. The van der Waals surface area contributed by atoms with Gasteiger partial charge in [-0.3, -0.25) is 4.90 Å². The Morgan fingerprint density at radius 1 is 1.40 bits per heavy atom. The number of ether oxygens (including phenoxy) is 1. The summed E-state index contributed by atoms with van der Waals surface area (Å²) in [6.45, 7) is 9.49. The van der Waals surface area contributed by atoms with Crippen LogP contribution in [0.5, 0.6) is 0 Å². The highest BCUT2D eigenvalue weighted by Gasteiger charge is 2.39. The summed E-state index contributed by atoms with van der Waals surface area (Å²) in [5.41, 5.74) is 0.629. The second-order valence-corrected chi connectivity index (χ2v) is 6.90. The molecule has 0 unspecified atom stereocenters. The van der Waals surface area contributed by atoms with Crippen molar-refractivity contribution in [2.45, 2.75) is 37.8 Å². The van der Waals surface area contributed by atoms with E-state index >= 15 is 0 Å². The summed E-state index contributed by atoms with van der Waals surface area (Å²) in [6, 6.07) is 10.1. The van der Waals surface area contributed by atoms with Gasteiger partial charge in [0.25, 0.3) is 0 Å². The molecule has 1 aliphatic heterocycles. The van der Waals surface area contributed by atoms with E-state index in [1.165, 1.54) is 0 Å². The molecule has 3 nitrogen and oxygen atoms in total. The SMILES string of the molecule is C=C[C@@H]1CS[C@H](c2ccccc2)N1C(=O)OC(C)(C)C. The smallest absolute Gasteiger partial charge is 0.411 e. The van der Waals surface area contributed by atoms with Crippen LogP contribution in [0.25, 0.3) is 0 Å². The molecule has 0 bridgehead atoms. The number of amides is 1. The highest BCUT2D eigenvalue weighted by molar-refractivity contribution is 7.99. The van der Waals surface area contributed by atoms with Gasteiger partial charge in [-0.2, -0.15) is 0 Å². The van der Waals surface area contributed by atoms with Crippen molar-refractivity contribution < 1.29 is 9.53 Å². The van der Waals surface area contributed by atoms with Gasteiger partial charge in [0, 0.05) is 5.75 Å². The Kier molecular flexibility index (Phi) is 4.43. The lowest BCUT2D eigenvalue weighted by Gasteiger charge is -2.31. The van der Waals surface area contributed by atoms with Crippen molar-refractivity contribution in [3.05, 3.63) is 48.6 Å². The molecule has 0 spiro atoms. The molecular formula is C16H21NO2S. The maximum atomic E-state index is 12.5. The highest BCUT2D eigenvalue weighted by atomic mass is 32.2. The van der Waals surface area contributed by atoms with Crippen molar-refractivity contribution >= 4 is 17.9 Å². The normalized spacial score (nSPS) is 22.6. The third-order valence-corrected chi connectivity index (χ3v) is 4.34. The quantitative estimate of drug-likeness (QED) is 0.764. The first kappa shape index (κ1) is 15.0. The summed E-state index contributed by atoms with van der Waals surface area (Å²) in [5.74, 6) is 0.850. The maximum Gasteiger partial charge on any atom is 0.411 e. The molecule has 1 aromatic rings. The molecular weight excluding hydrogens is 270 g/mol. The van der Waals surface area contributed by atoms with Crippen LogP contribution in [0.1, 0.15) is 31.7 Å². The number of thioether (sulfide) groups is 1. The molecule has 4 heteroatoms. The minimum atomic E-state index is -0.489. The number of carbonyl (C=O) groups excluding carboxylic acids is 1. The average Bonchev–Trinajstić information content (AvgIpc) is 2.81. The molecule has 1 saturated heterocycles. The van der Waals surface area contributed by atoms with Crippen molar-refractivity contribution in [2.75, 3.05) is 5.75 Å². The van der Waals surface area contributed by atoms with Gasteiger partial charge in [0.1, 0.15) is 11.0 Å². The maximum absolute atomic E-state index is 12.5. The van der Waals surface area contributed by atoms with Crippen molar-refractivity contribution in [3.63, 3.8) is 0 Å². The van der Waals surface area contributed by atoms with E-state index in [9.17, 15) is 4.79 Å². The summed E-state index contributed by atoms with van der Waals surface area (Å²) < 4.78 is 5.53. The van der Waals surface area contributed by atoms with Crippen LogP contribution in [0.2, 0.25) is 0 Å². The zero-order valence-corrected chi connectivity index (χ0v) is 13.0. The highest BCUT2D eigenvalue weighted by Crippen LogP contribution is 2.42. The topological polar surface area (TPSA) is 29.5 Å². The molecule has 0 radical (unpaired) electrons. The molecule has 0 aliphatic carbocycles. The Hall–Kier alpha value is -1.42. The average molecular weight is 291 g/mol. The second kappa shape index (κ2) is 5.92. The molecule has 0 saturated carbocycles. The Morgan fingerprint density at radius 3 is 2.60 bits per heavy atom. The zero-order chi connectivity index (χ0) is 14.8. The van der Waals surface area contributed by atoms with E-state index < -0.39 is 5.60 Å². The van der Waals surface area contributed by atoms with Crippen LogP contribution in [-0.4, -0.2) is 28.4 Å². The summed E-state index contributed by atoms with van der Waals surface area (Å²) >= 11 is 1.74. The first-order valence-corrected chi connectivity index (χ1v) is 7.77. The predicted molar refractivity (Wildman–Crippen MR) is 83.7 cm³/mol. The summed E-state index contributed by atoms with van der Waals surface area (Å²) in [5, 5.41) is -0.00551. The van der Waals surface area contributed by atoms with Crippen molar-refractivity contribution in [1.29, 1.82) is 0 Å². The van der Waals surface area contributed by atoms with Crippen LogP contribution >= 0.6 is 11.8 Å². The molecule has 0 N–H and O–H groups in total. The lowest BCUT2D eigenvalue weighted by molar-refractivity contribution is 0.0208. The van der Waals surface area contributed by atoms with Crippen LogP contribution in [0.4, 0.5) is 4.79 Å². The fraction of sp³-hybridized carbons (Fsp3) is 0.438. The molecule has 1 fully saturated rings. The van der Waals surface area contributed by atoms with Gasteiger partial charge < -0.3 is 4.74 Å². The largest absolute Gasteiger partial charge is 0.444 e. The Bertz CT molecular complexity index is 481. The second-order valence-electron chi connectivity index (χ2n) is 5.79. The fourth-order valence-corrected chi connectivity index (χ4v) is 3.55. The number of carbonyl (C=O) groups is 1. The minimum absolute atomic E-state index is 0.00551. The first-order chi connectivity index (χ1) is 9.42. The lowest BCUT2D eigenvalue weighted by atomic mass is 10.2. The summed E-state index contributed by atoms with van der Waals surface area (Å²) in [4.78, 5) is 14.2. The Balaban J connectivity index is 2.24. The van der Waals surface area contributed by atoms with E-state index in [1.54, 1.807) is 16.7 Å². The zero-order valence-electron chi connectivity index (χ0n) is 12.2. The van der Waals surface area contributed by atoms with Crippen molar-refractivity contribution in [1.82, 2.24) is 4.90 Å². The summed E-state index contributed by atoms with van der Waals surface area (Å²) in [7, 11) is 0. The first-order valence-electron chi connectivity index (χ1n) is 6.73. The minimum Gasteiger partial charge on any atom is -0.444 e.